The number of anilines is 1. The zero-order valence-corrected chi connectivity index (χ0v) is 11.2. The highest BCUT2D eigenvalue weighted by Gasteiger charge is 2.40. The molecule has 1 fully saturated rings. The number of nitrogens with one attached hydrogen (secondary N) is 2. The number of rotatable bonds is 1. The van der Waals surface area contributed by atoms with Gasteiger partial charge in [-0.1, -0.05) is 11.3 Å². The molecule has 2 aliphatic rings. The molecule has 3 heterocycles. The summed E-state index contributed by atoms with van der Waals surface area (Å²) in [6.45, 7) is 1.05. The van der Waals surface area contributed by atoms with E-state index < -0.39 is 0 Å². The molecule has 3 rings (SSSR count). The minimum atomic E-state index is -0.289. The summed E-state index contributed by atoms with van der Waals surface area (Å²) in [5, 5.41) is 15.0. The standard InChI is InChI=1S/C11H13N5O2S/c1-13-10(17)15-11-14-7-2-6-3-18-4-8(9(7)19-11)16(6)5-12/h6,8H,2-4H2,1H3,(H2,13,14,15,17). The van der Waals surface area contributed by atoms with Crippen molar-refractivity contribution < 1.29 is 9.53 Å². The zero-order valence-electron chi connectivity index (χ0n) is 10.3. The molecule has 0 radical (unpaired) electrons. The molecule has 0 spiro atoms. The fraction of sp³-hybridized carbons (Fsp3) is 0.545. The van der Waals surface area contributed by atoms with Gasteiger partial charge in [-0.2, -0.15) is 5.26 Å². The number of hydrogen-bond acceptors (Lipinski definition) is 6. The lowest BCUT2D eigenvalue weighted by molar-refractivity contribution is -0.0276. The normalized spacial score (nSPS) is 24.3. The minimum absolute atomic E-state index is 0.0613. The maximum atomic E-state index is 11.3. The minimum Gasteiger partial charge on any atom is -0.377 e. The van der Waals surface area contributed by atoms with Crippen LogP contribution in [0.5, 0.6) is 0 Å². The van der Waals surface area contributed by atoms with Crippen molar-refractivity contribution in [2.45, 2.75) is 18.5 Å². The molecule has 19 heavy (non-hydrogen) atoms. The van der Waals surface area contributed by atoms with Crippen LogP contribution >= 0.6 is 11.3 Å². The SMILES string of the molecule is CNC(=O)Nc1nc2c(s1)C1COCC(C2)N1C#N. The van der Waals surface area contributed by atoms with Crippen molar-refractivity contribution in [1.29, 1.82) is 5.26 Å². The van der Waals surface area contributed by atoms with Crippen LogP contribution in [-0.2, 0) is 11.2 Å². The van der Waals surface area contributed by atoms with Crippen LogP contribution in [0.25, 0.3) is 0 Å². The zero-order chi connectivity index (χ0) is 13.4. The van der Waals surface area contributed by atoms with E-state index in [0.717, 1.165) is 10.6 Å². The molecule has 0 aliphatic carbocycles. The molecule has 100 valence electrons. The van der Waals surface area contributed by atoms with Crippen LogP contribution in [0.15, 0.2) is 0 Å². The van der Waals surface area contributed by atoms with E-state index >= 15 is 0 Å². The van der Waals surface area contributed by atoms with Crippen LogP contribution in [0.3, 0.4) is 0 Å². The second-order valence-electron chi connectivity index (χ2n) is 4.45. The third-order valence-electron chi connectivity index (χ3n) is 3.34. The smallest absolute Gasteiger partial charge is 0.320 e. The van der Waals surface area contributed by atoms with Crippen LogP contribution in [-0.4, -0.2) is 42.2 Å². The predicted molar refractivity (Wildman–Crippen MR) is 68.7 cm³/mol. The number of fused-ring (bicyclic) bond motifs is 4. The van der Waals surface area contributed by atoms with Gasteiger partial charge in [-0.3, -0.25) is 10.2 Å². The number of nitriles is 1. The van der Waals surface area contributed by atoms with Crippen molar-refractivity contribution in [2.24, 2.45) is 0 Å². The Bertz CT molecular complexity index is 552. The largest absolute Gasteiger partial charge is 0.377 e. The number of urea groups is 1. The molecule has 2 aliphatic heterocycles. The van der Waals surface area contributed by atoms with Crippen molar-refractivity contribution in [2.75, 3.05) is 25.6 Å². The van der Waals surface area contributed by atoms with Crippen LogP contribution in [0.1, 0.15) is 16.6 Å². The van der Waals surface area contributed by atoms with Gasteiger partial charge in [0, 0.05) is 13.5 Å². The molecule has 2 N–H and O–H groups in total. The Morgan fingerprint density at radius 1 is 1.63 bits per heavy atom. The van der Waals surface area contributed by atoms with Crippen LogP contribution in [0.4, 0.5) is 9.93 Å². The number of nitrogens with zero attached hydrogens (tertiary/aromatic N) is 3. The number of aromatic nitrogens is 1. The highest BCUT2D eigenvalue weighted by molar-refractivity contribution is 7.16. The Balaban J connectivity index is 1.91. The summed E-state index contributed by atoms with van der Waals surface area (Å²) in [6.07, 6.45) is 2.93. The van der Waals surface area contributed by atoms with Gasteiger partial charge < -0.3 is 10.1 Å². The first-order chi connectivity index (χ1) is 9.22. The maximum Gasteiger partial charge on any atom is 0.320 e. The molecular formula is C11H13N5O2S. The van der Waals surface area contributed by atoms with E-state index in [4.69, 9.17) is 4.74 Å². The molecule has 2 atom stereocenters. The molecule has 1 aromatic rings. The van der Waals surface area contributed by atoms with Gasteiger partial charge in [0.25, 0.3) is 0 Å². The first-order valence-electron chi connectivity index (χ1n) is 5.97. The summed E-state index contributed by atoms with van der Waals surface area (Å²) in [4.78, 5) is 18.5. The number of thiazole rings is 1. The summed E-state index contributed by atoms with van der Waals surface area (Å²) in [5.74, 6) is 0. The van der Waals surface area contributed by atoms with Crippen LogP contribution < -0.4 is 10.6 Å². The third-order valence-corrected chi connectivity index (χ3v) is 4.45. The molecule has 1 saturated heterocycles. The second kappa shape index (κ2) is 4.68. The lowest BCUT2D eigenvalue weighted by Gasteiger charge is -2.41. The summed E-state index contributed by atoms with van der Waals surface area (Å²) in [5.41, 5.74) is 0.973. The van der Waals surface area contributed by atoms with Gasteiger partial charge >= 0.3 is 6.03 Å². The van der Waals surface area contributed by atoms with Crippen molar-refractivity contribution in [3.63, 3.8) is 0 Å². The Morgan fingerprint density at radius 3 is 3.21 bits per heavy atom. The molecule has 1 aromatic heterocycles. The van der Waals surface area contributed by atoms with E-state index in [1.54, 1.807) is 11.9 Å². The predicted octanol–water partition coefficient (Wildman–Crippen LogP) is 0.673. The van der Waals surface area contributed by atoms with Gasteiger partial charge in [-0.25, -0.2) is 9.78 Å². The Kier molecular flexibility index (Phi) is 3.00. The van der Waals surface area contributed by atoms with Gasteiger partial charge in [0.05, 0.1) is 35.9 Å². The number of carbonyl (C=O) groups excluding carboxylic acids is 1. The topological polar surface area (TPSA) is 90.3 Å². The molecule has 2 amide bonds. The number of carbonyl (C=O) groups is 1. The van der Waals surface area contributed by atoms with E-state index in [2.05, 4.69) is 21.8 Å². The first kappa shape index (κ1) is 12.2. The van der Waals surface area contributed by atoms with Crippen LogP contribution in [0.2, 0.25) is 0 Å². The number of ether oxygens (including phenoxy) is 1. The molecule has 8 heteroatoms. The highest BCUT2D eigenvalue weighted by Crippen LogP contribution is 2.40. The molecule has 2 unspecified atom stereocenters. The van der Waals surface area contributed by atoms with Gasteiger partial charge in [0.15, 0.2) is 11.3 Å². The van der Waals surface area contributed by atoms with Gasteiger partial charge in [-0.15, -0.1) is 0 Å². The lowest BCUT2D eigenvalue weighted by Crippen LogP contribution is -2.48. The summed E-state index contributed by atoms with van der Waals surface area (Å²) >= 11 is 1.41. The molecular weight excluding hydrogens is 266 g/mol. The van der Waals surface area contributed by atoms with E-state index in [1.165, 1.54) is 11.3 Å². The van der Waals surface area contributed by atoms with Gasteiger partial charge in [-0.05, 0) is 0 Å². The number of hydrogen-bond donors (Lipinski definition) is 2. The maximum absolute atomic E-state index is 11.3. The number of amides is 2. The fourth-order valence-corrected chi connectivity index (χ4v) is 3.52. The molecule has 0 aromatic carbocycles. The first-order valence-corrected chi connectivity index (χ1v) is 6.78. The Morgan fingerprint density at radius 2 is 2.47 bits per heavy atom. The molecule has 0 saturated carbocycles. The monoisotopic (exact) mass is 279 g/mol. The van der Waals surface area contributed by atoms with Crippen molar-refractivity contribution in [1.82, 2.24) is 15.2 Å². The second-order valence-corrected chi connectivity index (χ2v) is 5.48. The van der Waals surface area contributed by atoms with E-state index in [-0.39, 0.29) is 18.1 Å². The molecule has 7 nitrogen and oxygen atoms in total. The summed E-state index contributed by atoms with van der Waals surface area (Å²) in [7, 11) is 1.56. The summed E-state index contributed by atoms with van der Waals surface area (Å²) < 4.78 is 5.52. The van der Waals surface area contributed by atoms with Crippen molar-refractivity contribution >= 4 is 22.5 Å². The Labute approximate surface area is 114 Å². The average molecular weight is 279 g/mol. The van der Waals surface area contributed by atoms with Crippen molar-refractivity contribution in [3.8, 4) is 6.19 Å². The molecule has 2 bridgehead atoms. The fourth-order valence-electron chi connectivity index (χ4n) is 2.45. The van der Waals surface area contributed by atoms with E-state index in [9.17, 15) is 10.1 Å². The van der Waals surface area contributed by atoms with E-state index in [1.807, 2.05) is 0 Å². The average Bonchev–Trinajstić information content (AvgIpc) is 2.80. The number of morpholine rings is 1. The lowest BCUT2D eigenvalue weighted by atomic mass is 9.97. The Hall–Kier alpha value is -1.85. The quantitative estimate of drug-likeness (QED) is 0.738. The van der Waals surface area contributed by atoms with Gasteiger partial charge in [0.1, 0.15) is 0 Å². The highest BCUT2D eigenvalue weighted by atomic mass is 32.1. The van der Waals surface area contributed by atoms with Crippen LogP contribution in [0, 0.1) is 11.5 Å². The van der Waals surface area contributed by atoms with Crippen molar-refractivity contribution in [3.05, 3.63) is 10.6 Å². The van der Waals surface area contributed by atoms with Gasteiger partial charge in [0.2, 0.25) is 0 Å². The van der Waals surface area contributed by atoms with E-state index in [0.29, 0.717) is 24.8 Å². The third kappa shape index (κ3) is 2.01. The summed E-state index contributed by atoms with van der Waals surface area (Å²) in [6, 6.07) is -0.293.